The third kappa shape index (κ3) is 4.82. The molecule has 6 heteroatoms. The topological polar surface area (TPSA) is 56.8 Å². The van der Waals surface area contributed by atoms with Crippen LogP contribution in [0.4, 0.5) is 0 Å². The Labute approximate surface area is 159 Å². The van der Waals surface area contributed by atoms with Crippen LogP contribution in [0.5, 0.6) is 17.2 Å². The molecule has 2 rings (SSSR count). The molecule has 0 unspecified atom stereocenters. The largest absolute Gasteiger partial charge is 0.493 e. The van der Waals surface area contributed by atoms with Crippen molar-refractivity contribution >= 4 is 17.5 Å². The summed E-state index contributed by atoms with van der Waals surface area (Å²) in [7, 11) is 3.17. The van der Waals surface area contributed by atoms with Crippen LogP contribution in [0.2, 0.25) is 5.02 Å². The summed E-state index contributed by atoms with van der Waals surface area (Å²) in [6, 6.07) is 12.5. The summed E-state index contributed by atoms with van der Waals surface area (Å²) in [4.78, 5) is 12.5. The number of halogens is 1. The first-order chi connectivity index (χ1) is 12.5. The van der Waals surface area contributed by atoms with Crippen LogP contribution in [0.1, 0.15) is 31.9 Å². The molecular formula is C20H24ClNO4. The highest BCUT2D eigenvalue weighted by Gasteiger charge is 2.21. The van der Waals surface area contributed by atoms with Crippen molar-refractivity contribution in [3.8, 4) is 17.2 Å². The van der Waals surface area contributed by atoms with Crippen molar-refractivity contribution < 1.29 is 19.0 Å². The van der Waals surface area contributed by atoms with Crippen LogP contribution in [-0.4, -0.2) is 26.2 Å². The number of methoxy groups -OCH3 is 2. The van der Waals surface area contributed by atoms with Gasteiger partial charge in [-0.05, 0) is 43.2 Å². The minimum Gasteiger partial charge on any atom is -0.493 e. The number of hydrogen-bond acceptors (Lipinski definition) is 4. The number of rotatable bonds is 8. The van der Waals surface area contributed by atoms with Crippen LogP contribution < -0.4 is 19.5 Å². The van der Waals surface area contributed by atoms with E-state index in [1.165, 1.54) is 0 Å². The van der Waals surface area contributed by atoms with Crippen molar-refractivity contribution in [3.05, 3.63) is 53.1 Å². The molecule has 0 fully saturated rings. The van der Waals surface area contributed by atoms with Gasteiger partial charge in [-0.1, -0.05) is 36.7 Å². The fraction of sp³-hybridized carbons (Fsp3) is 0.350. The first kappa shape index (κ1) is 19.9. The van der Waals surface area contributed by atoms with Gasteiger partial charge in [0.25, 0.3) is 5.91 Å². The van der Waals surface area contributed by atoms with Crippen molar-refractivity contribution in [2.45, 2.75) is 32.4 Å². The lowest BCUT2D eigenvalue weighted by atomic mass is 10.0. The maximum atomic E-state index is 12.5. The predicted octanol–water partition coefficient (Wildman–Crippen LogP) is 4.39. The van der Waals surface area contributed by atoms with Gasteiger partial charge in [0, 0.05) is 0 Å². The molecule has 1 amide bonds. The zero-order valence-corrected chi connectivity index (χ0v) is 16.2. The molecule has 1 N–H and O–H groups in total. The Morgan fingerprint density at radius 3 is 2.38 bits per heavy atom. The predicted molar refractivity (Wildman–Crippen MR) is 102 cm³/mol. The molecule has 140 valence electrons. The SMILES string of the molecule is CC[C@H](NC(=O)[C@H](C)Oc1ccccc1Cl)c1ccc(OC)c(OC)c1. The smallest absolute Gasteiger partial charge is 0.261 e. The number of carbonyl (C=O) groups is 1. The highest BCUT2D eigenvalue weighted by atomic mass is 35.5. The van der Waals surface area contributed by atoms with Crippen LogP contribution >= 0.6 is 11.6 Å². The average molecular weight is 378 g/mol. The Balaban J connectivity index is 2.09. The van der Waals surface area contributed by atoms with Gasteiger partial charge in [-0.15, -0.1) is 0 Å². The Bertz CT molecular complexity index is 750. The fourth-order valence-electron chi connectivity index (χ4n) is 2.56. The maximum absolute atomic E-state index is 12.5. The average Bonchev–Trinajstić information content (AvgIpc) is 2.67. The maximum Gasteiger partial charge on any atom is 0.261 e. The number of amides is 1. The van der Waals surface area contributed by atoms with E-state index in [-0.39, 0.29) is 11.9 Å². The molecule has 0 radical (unpaired) electrons. The number of nitrogens with one attached hydrogen (secondary N) is 1. The highest BCUT2D eigenvalue weighted by Crippen LogP contribution is 2.31. The number of ether oxygens (including phenoxy) is 3. The van der Waals surface area contributed by atoms with Crippen LogP contribution in [0.3, 0.4) is 0 Å². The first-order valence-corrected chi connectivity index (χ1v) is 8.81. The summed E-state index contributed by atoms with van der Waals surface area (Å²) >= 11 is 6.08. The lowest BCUT2D eigenvalue weighted by molar-refractivity contribution is -0.128. The van der Waals surface area contributed by atoms with Crippen molar-refractivity contribution in [1.29, 1.82) is 0 Å². The van der Waals surface area contributed by atoms with E-state index < -0.39 is 6.10 Å². The van der Waals surface area contributed by atoms with Gasteiger partial charge < -0.3 is 19.5 Å². The summed E-state index contributed by atoms with van der Waals surface area (Å²) in [5.41, 5.74) is 0.934. The second kappa shape index (κ2) is 9.34. The Morgan fingerprint density at radius 2 is 1.77 bits per heavy atom. The van der Waals surface area contributed by atoms with Crippen LogP contribution in [0.15, 0.2) is 42.5 Å². The molecule has 0 aromatic heterocycles. The quantitative estimate of drug-likeness (QED) is 0.741. The second-order valence-electron chi connectivity index (χ2n) is 5.77. The molecule has 0 aliphatic carbocycles. The minimum absolute atomic E-state index is 0.167. The number of benzene rings is 2. The third-order valence-electron chi connectivity index (χ3n) is 4.04. The Morgan fingerprint density at radius 1 is 1.08 bits per heavy atom. The highest BCUT2D eigenvalue weighted by molar-refractivity contribution is 6.32. The van der Waals surface area contributed by atoms with Crippen LogP contribution in [-0.2, 0) is 4.79 Å². The zero-order chi connectivity index (χ0) is 19.1. The number of hydrogen-bond donors (Lipinski definition) is 1. The van der Waals surface area contributed by atoms with E-state index in [9.17, 15) is 4.79 Å². The van der Waals surface area contributed by atoms with Gasteiger partial charge in [-0.3, -0.25) is 4.79 Å². The summed E-state index contributed by atoms with van der Waals surface area (Å²) in [6.45, 7) is 3.70. The van der Waals surface area contributed by atoms with Gasteiger partial charge in [-0.2, -0.15) is 0 Å². The monoisotopic (exact) mass is 377 g/mol. The van der Waals surface area contributed by atoms with Gasteiger partial charge in [-0.25, -0.2) is 0 Å². The third-order valence-corrected chi connectivity index (χ3v) is 4.36. The molecular weight excluding hydrogens is 354 g/mol. The zero-order valence-electron chi connectivity index (χ0n) is 15.4. The van der Waals surface area contributed by atoms with Gasteiger partial charge in [0.1, 0.15) is 5.75 Å². The summed E-state index contributed by atoms with van der Waals surface area (Å²) in [5, 5.41) is 3.48. The van der Waals surface area contributed by atoms with Crippen molar-refractivity contribution in [3.63, 3.8) is 0 Å². The molecule has 5 nitrogen and oxygen atoms in total. The van der Waals surface area contributed by atoms with E-state index in [0.29, 0.717) is 22.3 Å². The molecule has 26 heavy (non-hydrogen) atoms. The number of carbonyl (C=O) groups excluding carboxylic acids is 1. The van der Waals surface area contributed by atoms with Crippen molar-refractivity contribution in [2.24, 2.45) is 0 Å². The standard InChI is InChI=1S/C20H24ClNO4/c1-5-16(14-10-11-18(24-3)19(12-14)25-4)22-20(23)13(2)26-17-9-7-6-8-15(17)21/h6-13,16H,5H2,1-4H3,(H,22,23)/t13-,16-/m0/s1. The van der Waals surface area contributed by atoms with E-state index in [0.717, 1.165) is 12.0 Å². The molecule has 2 aromatic rings. The van der Waals surface area contributed by atoms with Gasteiger partial charge in [0.2, 0.25) is 0 Å². The molecule has 0 saturated heterocycles. The van der Waals surface area contributed by atoms with E-state index in [1.807, 2.05) is 37.3 Å². The molecule has 0 spiro atoms. The summed E-state index contributed by atoms with van der Waals surface area (Å²) < 4.78 is 16.3. The molecule has 0 aliphatic heterocycles. The van der Waals surface area contributed by atoms with Gasteiger partial charge in [0.05, 0.1) is 25.3 Å². The Kier molecular flexibility index (Phi) is 7.16. The lowest BCUT2D eigenvalue weighted by Crippen LogP contribution is -2.38. The summed E-state index contributed by atoms with van der Waals surface area (Å²) in [5.74, 6) is 1.54. The van der Waals surface area contributed by atoms with E-state index in [1.54, 1.807) is 33.3 Å². The molecule has 0 saturated carbocycles. The van der Waals surface area contributed by atoms with Gasteiger partial charge in [0.15, 0.2) is 17.6 Å². The normalized spacial score (nSPS) is 12.8. The van der Waals surface area contributed by atoms with Crippen LogP contribution in [0, 0.1) is 0 Å². The molecule has 2 atom stereocenters. The first-order valence-electron chi connectivity index (χ1n) is 8.43. The van der Waals surface area contributed by atoms with Gasteiger partial charge >= 0.3 is 0 Å². The van der Waals surface area contributed by atoms with Crippen molar-refractivity contribution in [1.82, 2.24) is 5.32 Å². The van der Waals surface area contributed by atoms with E-state index in [2.05, 4.69) is 5.32 Å². The minimum atomic E-state index is -0.677. The summed E-state index contributed by atoms with van der Waals surface area (Å²) in [6.07, 6.45) is 0.0455. The number of para-hydroxylation sites is 1. The second-order valence-corrected chi connectivity index (χ2v) is 6.18. The van der Waals surface area contributed by atoms with Crippen LogP contribution in [0.25, 0.3) is 0 Å². The molecule has 0 bridgehead atoms. The molecule has 2 aromatic carbocycles. The molecule has 0 aliphatic rings. The van der Waals surface area contributed by atoms with Crippen molar-refractivity contribution in [2.75, 3.05) is 14.2 Å². The van der Waals surface area contributed by atoms with E-state index >= 15 is 0 Å². The Hall–Kier alpha value is -2.40. The fourth-order valence-corrected chi connectivity index (χ4v) is 2.74. The molecule has 0 heterocycles. The van der Waals surface area contributed by atoms with E-state index in [4.69, 9.17) is 25.8 Å². The lowest BCUT2D eigenvalue weighted by Gasteiger charge is -2.22.